The van der Waals surface area contributed by atoms with E-state index in [0.29, 0.717) is 12.8 Å². The van der Waals surface area contributed by atoms with E-state index in [9.17, 15) is 27.5 Å². The molecule has 208 valence electrons. The van der Waals surface area contributed by atoms with Crippen LogP contribution in [0, 0.1) is 34.9 Å². The molecule has 0 aliphatic heterocycles. The summed E-state index contributed by atoms with van der Waals surface area (Å²) in [6.07, 6.45) is -0.794. The van der Waals surface area contributed by atoms with Crippen LogP contribution in [-0.4, -0.2) is 23.8 Å². The van der Waals surface area contributed by atoms with Crippen LogP contribution in [0.5, 0.6) is 5.75 Å². The molecule has 1 atom stereocenters. The Morgan fingerprint density at radius 1 is 0.821 bits per heavy atom. The van der Waals surface area contributed by atoms with Crippen LogP contribution in [0.1, 0.15) is 73.0 Å². The van der Waals surface area contributed by atoms with E-state index >= 15 is 8.78 Å². The number of carbonyl (C=O) groups is 1. The molecular weight excluding hydrogens is 526 g/mol. The standard InChI is InChI=1S/C29H26F6O4/c1-3-38-22-13-12-20(26(33)28(22)35)19-10-9-18(24(31)25(19)32)15-4-6-16(7-5-15)39-29(37)21-11-8-17(14(2)36)23(30)27(21)34/h8-16,36H,3-7H2,1-2H3. The minimum absolute atomic E-state index is 0.0506. The van der Waals surface area contributed by atoms with Gasteiger partial charge in [-0.15, -0.1) is 0 Å². The highest BCUT2D eigenvalue weighted by Gasteiger charge is 2.30. The van der Waals surface area contributed by atoms with Gasteiger partial charge in [0.15, 0.2) is 34.8 Å². The maximum absolute atomic E-state index is 15.1. The molecule has 0 amide bonds. The molecule has 0 heterocycles. The number of aliphatic hydroxyl groups is 1. The Labute approximate surface area is 221 Å². The highest BCUT2D eigenvalue weighted by Crippen LogP contribution is 2.39. The average molecular weight is 553 g/mol. The molecule has 3 aromatic carbocycles. The van der Waals surface area contributed by atoms with Crippen molar-refractivity contribution in [3.05, 3.63) is 88.0 Å². The van der Waals surface area contributed by atoms with E-state index in [2.05, 4.69) is 0 Å². The number of benzene rings is 3. The Kier molecular flexibility index (Phi) is 8.54. The van der Waals surface area contributed by atoms with E-state index in [1.54, 1.807) is 6.92 Å². The molecule has 0 aromatic heterocycles. The van der Waals surface area contributed by atoms with Crippen LogP contribution < -0.4 is 4.74 Å². The summed E-state index contributed by atoms with van der Waals surface area (Å²) in [6, 6.07) is 6.91. The molecule has 1 saturated carbocycles. The zero-order chi connectivity index (χ0) is 28.4. The fourth-order valence-corrected chi connectivity index (χ4v) is 4.85. The third-order valence-electron chi connectivity index (χ3n) is 6.92. The van der Waals surface area contributed by atoms with Gasteiger partial charge in [0.25, 0.3) is 0 Å². The van der Waals surface area contributed by atoms with Crippen molar-refractivity contribution in [1.29, 1.82) is 0 Å². The molecular formula is C29H26F6O4. The Bertz CT molecular complexity index is 1380. The summed E-state index contributed by atoms with van der Waals surface area (Å²) < 4.78 is 97.7. The van der Waals surface area contributed by atoms with Gasteiger partial charge in [-0.05, 0) is 69.2 Å². The van der Waals surface area contributed by atoms with Crippen LogP contribution in [0.3, 0.4) is 0 Å². The van der Waals surface area contributed by atoms with Gasteiger partial charge in [0, 0.05) is 16.7 Å². The molecule has 3 aromatic rings. The third kappa shape index (κ3) is 5.61. The molecule has 0 spiro atoms. The second kappa shape index (κ2) is 11.7. The molecule has 1 N–H and O–H groups in total. The second-order valence-electron chi connectivity index (χ2n) is 9.39. The first-order valence-corrected chi connectivity index (χ1v) is 12.5. The fraction of sp³-hybridized carbons (Fsp3) is 0.345. The van der Waals surface area contributed by atoms with Gasteiger partial charge in [-0.3, -0.25) is 0 Å². The lowest BCUT2D eigenvalue weighted by atomic mass is 9.82. The van der Waals surface area contributed by atoms with E-state index in [0.717, 1.165) is 24.3 Å². The topological polar surface area (TPSA) is 55.8 Å². The molecule has 1 aliphatic rings. The number of esters is 1. The molecule has 0 saturated heterocycles. The van der Waals surface area contributed by atoms with Gasteiger partial charge < -0.3 is 14.6 Å². The largest absolute Gasteiger partial charge is 0.491 e. The maximum atomic E-state index is 15.1. The SMILES string of the molecule is CCOc1ccc(-c2ccc(C3CCC(OC(=O)c4ccc(C(C)O)c(F)c4F)CC3)c(F)c2F)c(F)c1F. The van der Waals surface area contributed by atoms with E-state index in [1.807, 2.05) is 0 Å². The number of aliphatic hydroxyl groups excluding tert-OH is 1. The van der Waals surface area contributed by atoms with Gasteiger partial charge in [-0.1, -0.05) is 18.2 Å². The van der Waals surface area contributed by atoms with E-state index < -0.39 is 75.7 Å². The second-order valence-corrected chi connectivity index (χ2v) is 9.39. The fourth-order valence-electron chi connectivity index (χ4n) is 4.85. The van der Waals surface area contributed by atoms with Crippen molar-refractivity contribution in [3.8, 4) is 16.9 Å². The van der Waals surface area contributed by atoms with Gasteiger partial charge >= 0.3 is 5.97 Å². The van der Waals surface area contributed by atoms with Crippen molar-refractivity contribution < 1.29 is 45.7 Å². The van der Waals surface area contributed by atoms with Crippen molar-refractivity contribution in [2.75, 3.05) is 6.61 Å². The quantitative estimate of drug-likeness (QED) is 0.243. The predicted octanol–water partition coefficient (Wildman–Crippen LogP) is 7.52. The minimum Gasteiger partial charge on any atom is -0.491 e. The minimum atomic E-state index is -1.42. The van der Waals surface area contributed by atoms with Crippen LogP contribution in [-0.2, 0) is 4.74 Å². The van der Waals surface area contributed by atoms with E-state index in [-0.39, 0.29) is 36.3 Å². The van der Waals surface area contributed by atoms with Crippen LogP contribution in [0.4, 0.5) is 26.3 Å². The van der Waals surface area contributed by atoms with Gasteiger partial charge in [-0.2, -0.15) is 4.39 Å². The van der Waals surface area contributed by atoms with E-state index in [4.69, 9.17) is 9.47 Å². The zero-order valence-electron chi connectivity index (χ0n) is 21.2. The lowest BCUT2D eigenvalue weighted by molar-refractivity contribution is 0.0187. The molecule has 0 radical (unpaired) electrons. The van der Waals surface area contributed by atoms with Crippen LogP contribution in [0.2, 0.25) is 0 Å². The number of hydrogen-bond donors (Lipinski definition) is 1. The maximum Gasteiger partial charge on any atom is 0.341 e. The summed E-state index contributed by atoms with van der Waals surface area (Å²) in [6.45, 7) is 2.95. The van der Waals surface area contributed by atoms with Crippen molar-refractivity contribution >= 4 is 5.97 Å². The first kappa shape index (κ1) is 28.5. The number of hydrogen-bond acceptors (Lipinski definition) is 4. The molecule has 1 unspecified atom stereocenters. The van der Waals surface area contributed by atoms with Crippen molar-refractivity contribution in [3.63, 3.8) is 0 Å². The lowest BCUT2D eigenvalue weighted by Gasteiger charge is -2.29. The molecule has 39 heavy (non-hydrogen) atoms. The summed E-state index contributed by atoms with van der Waals surface area (Å²) in [5, 5.41) is 9.49. The highest BCUT2D eigenvalue weighted by molar-refractivity contribution is 5.90. The summed E-state index contributed by atoms with van der Waals surface area (Å²) in [7, 11) is 0. The Morgan fingerprint density at radius 3 is 2.05 bits per heavy atom. The van der Waals surface area contributed by atoms with Gasteiger partial charge in [-0.25, -0.2) is 26.7 Å². The normalized spacial score (nSPS) is 18.1. The molecule has 10 heteroatoms. The Balaban J connectivity index is 1.45. The third-order valence-corrected chi connectivity index (χ3v) is 6.92. The number of halogens is 6. The average Bonchev–Trinajstić information content (AvgIpc) is 2.91. The summed E-state index contributed by atoms with van der Waals surface area (Å²) >= 11 is 0. The van der Waals surface area contributed by atoms with Crippen molar-refractivity contribution in [2.24, 2.45) is 0 Å². The van der Waals surface area contributed by atoms with Crippen molar-refractivity contribution in [1.82, 2.24) is 0 Å². The van der Waals surface area contributed by atoms with Gasteiger partial charge in [0.05, 0.1) is 18.3 Å². The first-order valence-electron chi connectivity index (χ1n) is 12.5. The lowest BCUT2D eigenvalue weighted by Crippen LogP contribution is -2.25. The highest BCUT2D eigenvalue weighted by atomic mass is 19.2. The van der Waals surface area contributed by atoms with Crippen LogP contribution in [0.25, 0.3) is 11.1 Å². The first-order chi connectivity index (χ1) is 18.5. The number of carbonyl (C=O) groups excluding carboxylic acids is 1. The van der Waals surface area contributed by atoms with Gasteiger partial charge in [0.2, 0.25) is 5.82 Å². The molecule has 1 aliphatic carbocycles. The van der Waals surface area contributed by atoms with Gasteiger partial charge in [0.1, 0.15) is 6.10 Å². The summed E-state index contributed by atoms with van der Waals surface area (Å²) in [5.41, 5.74) is -1.73. The summed E-state index contributed by atoms with van der Waals surface area (Å²) in [4.78, 5) is 12.4. The Morgan fingerprint density at radius 2 is 1.44 bits per heavy atom. The molecule has 0 bridgehead atoms. The zero-order valence-corrected chi connectivity index (χ0v) is 21.2. The number of ether oxygens (including phenoxy) is 2. The monoisotopic (exact) mass is 552 g/mol. The predicted molar refractivity (Wildman–Crippen MR) is 130 cm³/mol. The molecule has 1 fully saturated rings. The van der Waals surface area contributed by atoms with Crippen molar-refractivity contribution in [2.45, 2.75) is 57.7 Å². The van der Waals surface area contributed by atoms with Crippen LogP contribution in [0.15, 0.2) is 36.4 Å². The van der Waals surface area contributed by atoms with E-state index in [1.165, 1.54) is 19.1 Å². The smallest absolute Gasteiger partial charge is 0.341 e. The molecule has 4 nitrogen and oxygen atoms in total. The van der Waals surface area contributed by atoms with Crippen LogP contribution >= 0.6 is 0 Å². The number of rotatable bonds is 7. The molecule has 4 rings (SSSR count). The Hall–Kier alpha value is -3.53. The summed E-state index contributed by atoms with van der Waals surface area (Å²) in [5.74, 6) is -9.76.